The largest absolute Gasteiger partial charge is 0.361 e. The van der Waals surface area contributed by atoms with Gasteiger partial charge in [0, 0.05) is 37.8 Å². The zero-order valence-electron chi connectivity index (χ0n) is 22.8. The van der Waals surface area contributed by atoms with Crippen molar-refractivity contribution in [3.05, 3.63) is 52.9 Å². The summed E-state index contributed by atoms with van der Waals surface area (Å²) >= 11 is 0. The number of amides is 2. The second-order valence-corrected chi connectivity index (χ2v) is 11.6. The van der Waals surface area contributed by atoms with Crippen molar-refractivity contribution >= 4 is 11.8 Å². The number of rotatable bonds is 9. The van der Waals surface area contributed by atoms with Crippen molar-refractivity contribution in [3.8, 4) is 6.07 Å². The van der Waals surface area contributed by atoms with Gasteiger partial charge in [-0.3, -0.25) is 14.5 Å². The van der Waals surface area contributed by atoms with Gasteiger partial charge < -0.3 is 20.5 Å². The topological polar surface area (TPSA) is 128 Å². The molecule has 9 heteroatoms. The van der Waals surface area contributed by atoms with E-state index in [0.29, 0.717) is 48.7 Å². The second-order valence-electron chi connectivity index (χ2n) is 11.6. The van der Waals surface area contributed by atoms with E-state index < -0.39 is 6.04 Å². The summed E-state index contributed by atoms with van der Waals surface area (Å²) in [6.45, 7) is 4.40. The molecule has 3 N–H and O–H groups in total. The summed E-state index contributed by atoms with van der Waals surface area (Å²) in [7, 11) is 0. The molecule has 2 heterocycles. The molecule has 2 aromatic rings. The summed E-state index contributed by atoms with van der Waals surface area (Å²) in [6.07, 6.45) is 8.07. The standard InChI is InChI=1S/C30H40N6O3/c1-20-14-27(34-39-20)30(38)35-13-12-26(36(25-10-11-25)19-24-8-4-22(17-32)5-9-24)15-28(35)29(37)33-18-23-6-2-21(16-31)3-7-23/h4-5,8-9,14,21,23,25-26,28H,2-3,6-7,10-13,15-16,18-19,31H2,1H3,(H,33,37)/t21?,23?,26?,28-/m1/s1. The van der Waals surface area contributed by atoms with Crippen LogP contribution in [-0.2, 0) is 11.3 Å². The molecule has 0 spiro atoms. The van der Waals surface area contributed by atoms with Crippen LogP contribution in [0.5, 0.6) is 0 Å². The summed E-state index contributed by atoms with van der Waals surface area (Å²) in [5, 5.41) is 16.3. The van der Waals surface area contributed by atoms with E-state index in [1.807, 2.05) is 24.3 Å². The number of likely N-dealkylation sites (tertiary alicyclic amines) is 1. The zero-order chi connectivity index (χ0) is 27.4. The van der Waals surface area contributed by atoms with Crippen molar-refractivity contribution in [2.45, 2.75) is 83.0 Å². The fraction of sp³-hybridized carbons (Fsp3) is 0.600. The fourth-order valence-electron chi connectivity index (χ4n) is 6.25. The Bertz CT molecular complexity index is 1180. The Labute approximate surface area is 230 Å². The zero-order valence-corrected chi connectivity index (χ0v) is 22.8. The van der Waals surface area contributed by atoms with Crippen LogP contribution in [0, 0.1) is 30.1 Å². The molecule has 0 bridgehead atoms. The molecule has 9 nitrogen and oxygen atoms in total. The second kappa shape index (κ2) is 12.3. The van der Waals surface area contributed by atoms with Gasteiger partial charge in [-0.2, -0.15) is 5.26 Å². The minimum atomic E-state index is -0.559. The molecule has 1 saturated heterocycles. The van der Waals surface area contributed by atoms with Gasteiger partial charge >= 0.3 is 0 Å². The van der Waals surface area contributed by atoms with Gasteiger partial charge in [-0.1, -0.05) is 17.3 Å². The maximum Gasteiger partial charge on any atom is 0.276 e. The van der Waals surface area contributed by atoms with Crippen molar-refractivity contribution in [2.75, 3.05) is 19.6 Å². The van der Waals surface area contributed by atoms with Crippen molar-refractivity contribution < 1.29 is 14.1 Å². The highest BCUT2D eigenvalue weighted by Crippen LogP contribution is 2.35. The molecule has 1 aliphatic heterocycles. The predicted molar refractivity (Wildman–Crippen MR) is 146 cm³/mol. The highest BCUT2D eigenvalue weighted by molar-refractivity contribution is 5.96. The third-order valence-electron chi connectivity index (χ3n) is 8.78. The first-order valence-electron chi connectivity index (χ1n) is 14.4. The molecule has 208 valence electrons. The van der Waals surface area contributed by atoms with E-state index in [9.17, 15) is 9.59 Å². The number of nitrogens with one attached hydrogen (secondary N) is 1. The summed E-state index contributed by atoms with van der Waals surface area (Å²) < 4.78 is 5.16. The number of carbonyl (C=O) groups is 2. The Morgan fingerprint density at radius 1 is 1.10 bits per heavy atom. The molecule has 1 aromatic heterocycles. The number of benzene rings is 1. The lowest BCUT2D eigenvalue weighted by Gasteiger charge is -2.43. The van der Waals surface area contributed by atoms with Gasteiger partial charge in [0.15, 0.2) is 5.69 Å². The molecule has 39 heavy (non-hydrogen) atoms. The number of hydrogen-bond donors (Lipinski definition) is 2. The molecule has 0 radical (unpaired) electrons. The summed E-state index contributed by atoms with van der Waals surface area (Å²) in [5.74, 6) is 1.30. The summed E-state index contributed by atoms with van der Waals surface area (Å²) in [6, 6.07) is 11.7. The van der Waals surface area contributed by atoms with Crippen LogP contribution in [0.4, 0.5) is 0 Å². The molecule has 1 aromatic carbocycles. The van der Waals surface area contributed by atoms with Gasteiger partial charge in [0.2, 0.25) is 5.91 Å². The van der Waals surface area contributed by atoms with E-state index in [1.165, 1.54) is 0 Å². The molecule has 1 unspecified atom stereocenters. The Balaban J connectivity index is 1.29. The molecular formula is C30H40N6O3. The third kappa shape index (κ3) is 6.68. The first kappa shape index (κ1) is 27.4. The van der Waals surface area contributed by atoms with Gasteiger partial charge in [0.05, 0.1) is 11.6 Å². The number of aryl methyl sites for hydroxylation is 1. The van der Waals surface area contributed by atoms with Crippen LogP contribution in [0.1, 0.15) is 78.7 Å². The number of aromatic nitrogens is 1. The minimum Gasteiger partial charge on any atom is -0.361 e. The average Bonchev–Trinajstić information content (AvgIpc) is 3.73. The SMILES string of the molecule is Cc1cc(C(=O)N2CCC(N(Cc3ccc(C#N)cc3)C3CC3)C[C@@H]2C(=O)NCC2CCC(CN)CC2)no1. The Hall–Kier alpha value is -3.22. The maximum atomic E-state index is 13.7. The number of nitriles is 1. The number of piperidine rings is 1. The van der Waals surface area contributed by atoms with E-state index in [-0.39, 0.29) is 23.6 Å². The van der Waals surface area contributed by atoms with E-state index in [4.69, 9.17) is 15.5 Å². The molecule has 2 saturated carbocycles. The number of hydrogen-bond acceptors (Lipinski definition) is 7. The smallest absolute Gasteiger partial charge is 0.276 e. The monoisotopic (exact) mass is 532 g/mol. The highest BCUT2D eigenvalue weighted by atomic mass is 16.5. The summed E-state index contributed by atoms with van der Waals surface area (Å²) in [4.78, 5) is 31.3. The van der Waals surface area contributed by atoms with Crippen LogP contribution < -0.4 is 11.1 Å². The van der Waals surface area contributed by atoms with Crippen molar-refractivity contribution in [3.63, 3.8) is 0 Å². The molecule has 3 aliphatic rings. The quantitative estimate of drug-likeness (QED) is 0.507. The van der Waals surface area contributed by atoms with Gasteiger partial charge in [0.1, 0.15) is 11.8 Å². The van der Waals surface area contributed by atoms with E-state index >= 15 is 0 Å². The summed E-state index contributed by atoms with van der Waals surface area (Å²) in [5.41, 5.74) is 7.91. The first-order valence-corrected chi connectivity index (χ1v) is 14.4. The Morgan fingerprint density at radius 3 is 2.44 bits per heavy atom. The van der Waals surface area contributed by atoms with Crippen molar-refractivity contribution in [1.29, 1.82) is 5.26 Å². The Kier molecular flexibility index (Phi) is 8.63. The lowest BCUT2D eigenvalue weighted by Crippen LogP contribution is -2.58. The van der Waals surface area contributed by atoms with Crippen LogP contribution in [0.2, 0.25) is 0 Å². The fourth-order valence-corrected chi connectivity index (χ4v) is 6.25. The molecular weight excluding hydrogens is 492 g/mol. The minimum absolute atomic E-state index is 0.0802. The van der Waals surface area contributed by atoms with Crippen LogP contribution in [-0.4, -0.2) is 64.5 Å². The lowest BCUT2D eigenvalue weighted by molar-refractivity contribution is -0.128. The van der Waals surface area contributed by atoms with E-state index in [0.717, 1.165) is 63.6 Å². The Morgan fingerprint density at radius 2 is 1.82 bits per heavy atom. The molecule has 2 aliphatic carbocycles. The average molecular weight is 533 g/mol. The van der Waals surface area contributed by atoms with Crippen molar-refractivity contribution in [2.24, 2.45) is 17.6 Å². The van der Waals surface area contributed by atoms with Gasteiger partial charge in [-0.25, -0.2) is 0 Å². The van der Waals surface area contributed by atoms with Gasteiger partial charge in [-0.15, -0.1) is 0 Å². The number of nitrogens with two attached hydrogens (primary N) is 1. The maximum absolute atomic E-state index is 13.7. The predicted octanol–water partition coefficient (Wildman–Crippen LogP) is 3.37. The van der Waals surface area contributed by atoms with Gasteiger partial charge in [-0.05, 0) is 94.4 Å². The molecule has 2 atom stereocenters. The van der Waals surface area contributed by atoms with E-state index in [1.54, 1.807) is 17.9 Å². The van der Waals surface area contributed by atoms with Crippen LogP contribution in [0.3, 0.4) is 0 Å². The molecule has 3 fully saturated rings. The van der Waals surface area contributed by atoms with Crippen LogP contribution >= 0.6 is 0 Å². The first-order chi connectivity index (χ1) is 18.9. The molecule has 2 amide bonds. The van der Waals surface area contributed by atoms with Gasteiger partial charge in [0.25, 0.3) is 5.91 Å². The van der Waals surface area contributed by atoms with Crippen LogP contribution in [0.15, 0.2) is 34.9 Å². The normalized spacial score (nSPS) is 25.3. The van der Waals surface area contributed by atoms with Crippen molar-refractivity contribution in [1.82, 2.24) is 20.3 Å². The number of carbonyl (C=O) groups excluding carboxylic acids is 2. The lowest BCUT2D eigenvalue weighted by atomic mass is 9.82. The molecule has 5 rings (SSSR count). The van der Waals surface area contributed by atoms with E-state index in [2.05, 4.69) is 21.4 Å². The number of nitrogens with zero attached hydrogens (tertiary/aromatic N) is 4. The van der Waals surface area contributed by atoms with Crippen LogP contribution in [0.25, 0.3) is 0 Å². The highest BCUT2D eigenvalue weighted by Gasteiger charge is 2.42. The third-order valence-corrected chi connectivity index (χ3v) is 8.78.